The van der Waals surface area contributed by atoms with Crippen molar-refractivity contribution in [1.29, 1.82) is 0 Å². The van der Waals surface area contributed by atoms with E-state index in [4.69, 9.17) is 0 Å². The molecular weight excluding hydrogens is 446 g/mol. The van der Waals surface area contributed by atoms with Gasteiger partial charge in [-0.1, -0.05) is 38.0 Å². The molecule has 0 radical (unpaired) electrons. The van der Waals surface area contributed by atoms with Gasteiger partial charge in [-0.25, -0.2) is 0 Å². The van der Waals surface area contributed by atoms with Gasteiger partial charge in [0.1, 0.15) is 0 Å². The van der Waals surface area contributed by atoms with Crippen molar-refractivity contribution in [3.8, 4) is 11.3 Å². The Morgan fingerprint density at radius 1 is 1.10 bits per heavy atom. The van der Waals surface area contributed by atoms with Crippen molar-refractivity contribution in [2.75, 3.05) is 5.32 Å². The third-order valence-electron chi connectivity index (χ3n) is 4.75. The van der Waals surface area contributed by atoms with Crippen molar-refractivity contribution < 1.29 is 9.72 Å². The van der Waals surface area contributed by atoms with Gasteiger partial charge in [-0.3, -0.25) is 19.9 Å². The van der Waals surface area contributed by atoms with Gasteiger partial charge in [0, 0.05) is 33.9 Å². The number of nitro groups is 1. The second kappa shape index (κ2) is 10.1. The fourth-order valence-electron chi connectivity index (χ4n) is 3.03. The van der Waals surface area contributed by atoms with E-state index in [2.05, 4.69) is 39.2 Å². The number of nitrogens with zero attached hydrogens (tertiary/aromatic N) is 2. The second-order valence-corrected chi connectivity index (χ2v) is 7.82. The number of non-ortho nitro benzene ring substituents is 1. The lowest BCUT2D eigenvalue weighted by atomic mass is 10.1. The molecule has 0 saturated heterocycles. The Bertz CT molecular complexity index is 1030. The number of unbranched alkanes of at least 4 members (excludes halogenated alkanes) is 2. The van der Waals surface area contributed by atoms with E-state index < -0.39 is 4.92 Å². The summed E-state index contributed by atoms with van der Waals surface area (Å²) in [4.78, 5) is 27.4. The fraction of sp³-hybridized carbons (Fsp3) is 0.217. The Morgan fingerprint density at radius 3 is 2.47 bits per heavy atom. The van der Waals surface area contributed by atoms with Crippen LogP contribution in [0, 0.1) is 10.1 Å². The van der Waals surface area contributed by atoms with Crippen LogP contribution in [0.3, 0.4) is 0 Å². The summed E-state index contributed by atoms with van der Waals surface area (Å²) < 4.78 is 0.449. The lowest BCUT2D eigenvalue weighted by Gasteiger charge is -2.08. The van der Waals surface area contributed by atoms with E-state index in [-0.39, 0.29) is 11.6 Å². The van der Waals surface area contributed by atoms with Gasteiger partial charge in [0.15, 0.2) is 0 Å². The topological polar surface area (TPSA) is 85.1 Å². The molecule has 0 aliphatic carbocycles. The van der Waals surface area contributed by atoms with Gasteiger partial charge in [0.2, 0.25) is 0 Å². The SMILES string of the molecule is CCCCCc1ccc(-c2ccc(C(=O)Nc3ccc([N+](=O)[O-])cc3Br)cc2)nc1. The number of rotatable bonds is 8. The fourth-order valence-corrected chi connectivity index (χ4v) is 3.49. The Hall–Kier alpha value is -3.06. The number of nitrogens with one attached hydrogen (secondary N) is 1. The molecule has 0 aliphatic rings. The highest BCUT2D eigenvalue weighted by Crippen LogP contribution is 2.27. The first-order valence-electron chi connectivity index (χ1n) is 9.78. The summed E-state index contributed by atoms with van der Waals surface area (Å²) in [6.07, 6.45) is 6.55. The minimum atomic E-state index is -0.485. The predicted molar refractivity (Wildman–Crippen MR) is 122 cm³/mol. The number of pyridine rings is 1. The zero-order chi connectivity index (χ0) is 21.5. The molecule has 1 heterocycles. The van der Waals surface area contributed by atoms with Crippen LogP contribution in [-0.2, 0) is 6.42 Å². The van der Waals surface area contributed by atoms with Crippen molar-refractivity contribution in [2.45, 2.75) is 32.6 Å². The van der Waals surface area contributed by atoms with E-state index in [1.54, 1.807) is 12.1 Å². The molecule has 154 valence electrons. The summed E-state index contributed by atoms with van der Waals surface area (Å²) in [5, 5.41) is 13.6. The Labute approximate surface area is 183 Å². The van der Waals surface area contributed by atoms with Crippen LogP contribution in [-0.4, -0.2) is 15.8 Å². The highest BCUT2D eigenvalue weighted by molar-refractivity contribution is 9.10. The van der Waals surface area contributed by atoms with Crippen LogP contribution in [0.2, 0.25) is 0 Å². The van der Waals surface area contributed by atoms with Crippen LogP contribution in [0.1, 0.15) is 42.1 Å². The molecule has 1 aromatic heterocycles. The first kappa shape index (κ1) is 21.6. The maximum Gasteiger partial charge on any atom is 0.270 e. The molecule has 7 heteroatoms. The zero-order valence-corrected chi connectivity index (χ0v) is 18.2. The van der Waals surface area contributed by atoms with Crippen LogP contribution in [0.4, 0.5) is 11.4 Å². The van der Waals surface area contributed by atoms with Crippen molar-refractivity contribution in [3.63, 3.8) is 0 Å². The lowest BCUT2D eigenvalue weighted by molar-refractivity contribution is -0.384. The monoisotopic (exact) mass is 467 g/mol. The summed E-state index contributed by atoms with van der Waals surface area (Å²) in [6.45, 7) is 2.19. The summed E-state index contributed by atoms with van der Waals surface area (Å²) in [6, 6.07) is 15.5. The number of benzene rings is 2. The smallest absolute Gasteiger partial charge is 0.270 e. The molecule has 0 atom stereocenters. The minimum absolute atomic E-state index is 0.0480. The van der Waals surface area contributed by atoms with Crippen molar-refractivity contribution in [2.24, 2.45) is 0 Å². The van der Waals surface area contributed by atoms with E-state index in [1.807, 2.05) is 24.4 Å². The van der Waals surface area contributed by atoms with Crippen molar-refractivity contribution in [3.05, 3.63) is 86.5 Å². The number of aryl methyl sites for hydroxylation is 1. The molecular formula is C23H22BrN3O3. The molecule has 0 unspecified atom stereocenters. The van der Waals surface area contributed by atoms with Crippen LogP contribution in [0.15, 0.2) is 65.3 Å². The average molecular weight is 468 g/mol. The molecule has 3 rings (SSSR count). The van der Waals surface area contributed by atoms with Gasteiger partial charge < -0.3 is 5.32 Å². The van der Waals surface area contributed by atoms with E-state index >= 15 is 0 Å². The molecule has 2 aromatic carbocycles. The minimum Gasteiger partial charge on any atom is -0.321 e. The number of hydrogen-bond acceptors (Lipinski definition) is 4. The Morgan fingerprint density at radius 2 is 1.87 bits per heavy atom. The third-order valence-corrected chi connectivity index (χ3v) is 5.40. The number of aromatic nitrogens is 1. The molecule has 0 fully saturated rings. The predicted octanol–water partition coefficient (Wildman–Crippen LogP) is 6.40. The quantitative estimate of drug-likeness (QED) is 0.235. The van der Waals surface area contributed by atoms with Gasteiger partial charge in [-0.15, -0.1) is 0 Å². The number of amides is 1. The Kier molecular flexibility index (Phi) is 7.30. The van der Waals surface area contributed by atoms with Crippen LogP contribution < -0.4 is 5.32 Å². The van der Waals surface area contributed by atoms with Gasteiger partial charge in [-0.05, 0) is 58.6 Å². The molecule has 0 bridgehead atoms. The van der Waals surface area contributed by atoms with Crippen LogP contribution in [0.5, 0.6) is 0 Å². The average Bonchev–Trinajstić information content (AvgIpc) is 2.76. The highest BCUT2D eigenvalue weighted by Gasteiger charge is 2.12. The van der Waals surface area contributed by atoms with Gasteiger partial charge >= 0.3 is 0 Å². The number of carbonyl (C=O) groups excluding carboxylic acids is 1. The molecule has 3 aromatic rings. The molecule has 1 N–H and O–H groups in total. The molecule has 0 aliphatic heterocycles. The maximum absolute atomic E-state index is 12.5. The first-order valence-corrected chi connectivity index (χ1v) is 10.6. The van der Waals surface area contributed by atoms with E-state index in [0.717, 1.165) is 17.7 Å². The Balaban J connectivity index is 1.66. The van der Waals surface area contributed by atoms with Crippen LogP contribution >= 0.6 is 15.9 Å². The summed E-state index contributed by atoms with van der Waals surface area (Å²) >= 11 is 3.26. The largest absolute Gasteiger partial charge is 0.321 e. The van der Waals surface area contributed by atoms with E-state index in [0.29, 0.717) is 15.7 Å². The maximum atomic E-state index is 12.5. The van der Waals surface area contributed by atoms with Gasteiger partial charge in [0.05, 0.1) is 16.3 Å². The van der Waals surface area contributed by atoms with Crippen LogP contribution in [0.25, 0.3) is 11.3 Å². The number of nitro benzene ring substituents is 1. The second-order valence-electron chi connectivity index (χ2n) is 6.96. The number of carbonyl (C=O) groups is 1. The number of hydrogen-bond donors (Lipinski definition) is 1. The molecule has 1 amide bonds. The highest BCUT2D eigenvalue weighted by atomic mass is 79.9. The van der Waals surface area contributed by atoms with E-state index in [1.165, 1.54) is 43.0 Å². The van der Waals surface area contributed by atoms with Gasteiger partial charge in [-0.2, -0.15) is 0 Å². The zero-order valence-electron chi connectivity index (χ0n) is 16.6. The summed E-state index contributed by atoms with van der Waals surface area (Å²) in [5.74, 6) is -0.296. The molecule has 30 heavy (non-hydrogen) atoms. The molecule has 0 saturated carbocycles. The lowest BCUT2D eigenvalue weighted by Crippen LogP contribution is -2.12. The standard InChI is InChI=1S/C23H22BrN3O3/c1-2-3-4-5-16-6-12-21(25-15-16)17-7-9-18(10-8-17)23(28)26-22-13-11-19(27(29)30)14-20(22)24/h6-15H,2-5H2,1H3,(H,26,28). The molecule has 0 spiro atoms. The van der Waals surface area contributed by atoms with Crippen molar-refractivity contribution in [1.82, 2.24) is 4.98 Å². The number of anilines is 1. The van der Waals surface area contributed by atoms with Gasteiger partial charge in [0.25, 0.3) is 11.6 Å². The summed E-state index contributed by atoms with van der Waals surface area (Å²) in [5.41, 5.74) is 3.93. The van der Waals surface area contributed by atoms with E-state index in [9.17, 15) is 14.9 Å². The normalized spacial score (nSPS) is 10.6. The summed E-state index contributed by atoms with van der Waals surface area (Å²) in [7, 11) is 0. The number of halogens is 1. The van der Waals surface area contributed by atoms with Crippen molar-refractivity contribution >= 4 is 33.2 Å². The molecule has 6 nitrogen and oxygen atoms in total. The third kappa shape index (κ3) is 5.51. The first-order chi connectivity index (χ1) is 14.5.